The van der Waals surface area contributed by atoms with Gasteiger partial charge >= 0.3 is 6.18 Å². The fourth-order valence-electron chi connectivity index (χ4n) is 3.98. The number of nitrogens with zero attached hydrogens (tertiary/aromatic N) is 1. The number of aromatic nitrogens is 1. The maximum absolute atomic E-state index is 13.1. The van der Waals surface area contributed by atoms with Gasteiger partial charge in [-0.05, 0) is 59.0 Å². The molecule has 2 amide bonds. The van der Waals surface area contributed by atoms with Gasteiger partial charge in [-0.25, -0.2) is 0 Å². The van der Waals surface area contributed by atoms with Crippen LogP contribution in [-0.2, 0) is 12.7 Å². The number of pyridine rings is 1. The van der Waals surface area contributed by atoms with E-state index in [1.807, 2.05) is 17.5 Å². The lowest BCUT2D eigenvalue weighted by Gasteiger charge is -2.12. The van der Waals surface area contributed by atoms with Crippen molar-refractivity contribution in [2.24, 2.45) is 0 Å². The van der Waals surface area contributed by atoms with Gasteiger partial charge in [0.25, 0.3) is 11.8 Å². The number of benzene rings is 3. The molecule has 5 nitrogen and oxygen atoms in total. The maximum atomic E-state index is 13.1. The summed E-state index contributed by atoms with van der Waals surface area (Å²) in [6, 6.07) is 22.2. The number of carbonyl (C=O) groups is 2. The summed E-state index contributed by atoms with van der Waals surface area (Å²) in [5.74, 6) is -0.644. The van der Waals surface area contributed by atoms with Crippen LogP contribution in [0.15, 0.2) is 96.5 Å². The number of amides is 2. The van der Waals surface area contributed by atoms with Gasteiger partial charge in [0, 0.05) is 27.7 Å². The molecule has 5 rings (SSSR count). The van der Waals surface area contributed by atoms with Gasteiger partial charge in [-0.15, -0.1) is 11.3 Å². The van der Waals surface area contributed by atoms with Gasteiger partial charge in [0.2, 0.25) is 0 Å². The molecule has 5 aromatic rings. The Bertz CT molecular complexity index is 1620. The van der Waals surface area contributed by atoms with Gasteiger partial charge < -0.3 is 10.6 Å². The zero-order chi connectivity index (χ0) is 26.7. The summed E-state index contributed by atoms with van der Waals surface area (Å²) in [5, 5.41) is 8.38. The Labute approximate surface area is 220 Å². The van der Waals surface area contributed by atoms with Crippen molar-refractivity contribution in [2.75, 3.05) is 5.32 Å². The number of rotatable bonds is 6. The van der Waals surface area contributed by atoms with Crippen LogP contribution >= 0.6 is 11.3 Å². The fourth-order valence-corrected chi connectivity index (χ4v) is 4.62. The summed E-state index contributed by atoms with van der Waals surface area (Å²) in [4.78, 5) is 31.1. The van der Waals surface area contributed by atoms with Gasteiger partial charge in [-0.1, -0.05) is 42.5 Å². The normalized spacial score (nSPS) is 11.3. The summed E-state index contributed by atoms with van der Waals surface area (Å²) in [5.41, 5.74) is 2.08. The van der Waals surface area contributed by atoms with E-state index in [-0.39, 0.29) is 5.91 Å². The first kappa shape index (κ1) is 25.2. The largest absolute Gasteiger partial charge is 0.416 e. The Morgan fingerprint density at radius 3 is 2.39 bits per heavy atom. The number of thiophene rings is 1. The molecule has 0 spiro atoms. The number of carbonyl (C=O) groups excluding carboxylic acids is 2. The first-order valence-electron chi connectivity index (χ1n) is 11.6. The molecule has 0 saturated carbocycles. The molecule has 9 heteroatoms. The zero-order valence-corrected chi connectivity index (χ0v) is 20.6. The highest BCUT2D eigenvalue weighted by atomic mass is 32.1. The predicted molar refractivity (Wildman–Crippen MR) is 142 cm³/mol. The average molecular weight is 532 g/mol. The van der Waals surface area contributed by atoms with E-state index in [4.69, 9.17) is 0 Å². The SMILES string of the molecule is O=C(NCc1cccs1)c1cnc2cc(NC(=O)c3ccccc3-c3ccc(C(F)(F)F)cc3)ccc2c1. The number of fused-ring (bicyclic) bond motifs is 1. The Kier molecular flexibility index (Phi) is 6.93. The van der Waals surface area contributed by atoms with E-state index in [1.54, 1.807) is 59.9 Å². The minimum absolute atomic E-state index is 0.231. The minimum Gasteiger partial charge on any atom is -0.347 e. The molecule has 0 atom stereocenters. The van der Waals surface area contributed by atoms with Crippen LogP contribution in [-0.4, -0.2) is 16.8 Å². The van der Waals surface area contributed by atoms with E-state index in [9.17, 15) is 22.8 Å². The average Bonchev–Trinajstić information content (AvgIpc) is 3.45. The third-order valence-electron chi connectivity index (χ3n) is 5.90. The highest BCUT2D eigenvalue weighted by molar-refractivity contribution is 7.09. The Hall–Kier alpha value is -4.50. The lowest BCUT2D eigenvalue weighted by molar-refractivity contribution is -0.137. The van der Waals surface area contributed by atoms with Crippen molar-refractivity contribution >= 4 is 39.7 Å². The molecule has 190 valence electrons. The first-order valence-corrected chi connectivity index (χ1v) is 12.4. The standard InChI is InChI=1S/C29H20F3N3O2S/c30-29(31,32)21-10-7-18(8-11-21)24-5-1-2-6-25(24)28(37)35-22-12-9-19-14-20(16-33-26(19)15-22)27(36)34-17-23-4-3-13-38-23/h1-16H,17H2,(H,34,36)(H,35,37). The number of alkyl halides is 3. The van der Waals surface area contributed by atoms with Crippen LogP contribution in [0.5, 0.6) is 0 Å². The molecular formula is C29H20F3N3O2S. The van der Waals surface area contributed by atoms with E-state index in [1.165, 1.54) is 18.3 Å². The van der Waals surface area contributed by atoms with Gasteiger partial charge in [-0.3, -0.25) is 14.6 Å². The highest BCUT2D eigenvalue weighted by Crippen LogP contribution is 2.32. The molecule has 0 aliphatic rings. The lowest BCUT2D eigenvalue weighted by atomic mass is 9.98. The molecule has 3 aromatic carbocycles. The fraction of sp³-hybridized carbons (Fsp3) is 0.0690. The number of nitrogens with one attached hydrogen (secondary N) is 2. The van der Waals surface area contributed by atoms with Gasteiger partial charge in [-0.2, -0.15) is 13.2 Å². The van der Waals surface area contributed by atoms with Crippen molar-refractivity contribution in [3.63, 3.8) is 0 Å². The molecule has 0 aliphatic heterocycles. The molecule has 2 aromatic heterocycles. The van der Waals surface area contributed by atoms with Crippen LogP contribution in [0.3, 0.4) is 0 Å². The van der Waals surface area contributed by atoms with Gasteiger partial charge in [0.1, 0.15) is 0 Å². The Balaban J connectivity index is 1.32. The summed E-state index contributed by atoms with van der Waals surface area (Å²) in [7, 11) is 0. The monoisotopic (exact) mass is 531 g/mol. The third-order valence-corrected chi connectivity index (χ3v) is 6.78. The van der Waals surface area contributed by atoms with Crippen LogP contribution in [0.2, 0.25) is 0 Å². The molecule has 2 N–H and O–H groups in total. The van der Waals surface area contributed by atoms with E-state index in [0.29, 0.717) is 40.0 Å². The Morgan fingerprint density at radius 1 is 0.868 bits per heavy atom. The van der Waals surface area contributed by atoms with Gasteiger partial charge in [0.15, 0.2) is 0 Å². The quantitative estimate of drug-likeness (QED) is 0.244. The molecule has 38 heavy (non-hydrogen) atoms. The Morgan fingerprint density at radius 2 is 1.66 bits per heavy atom. The summed E-state index contributed by atoms with van der Waals surface area (Å²) in [6.07, 6.45) is -2.95. The van der Waals surface area contributed by atoms with E-state index in [2.05, 4.69) is 15.6 Å². The minimum atomic E-state index is -4.44. The van der Waals surface area contributed by atoms with Crippen molar-refractivity contribution in [2.45, 2.75) is 12.7 Å². The van der Waals surface area contributed by atoms with Crippen LogP contribution in [0.4, 0.5) is 18.9 Å². The molecule has 2 heterocycles. The molecule has 0 unspecified atom stereocenters. The molecule has 0 radical (unpaired) electrons. The van der Waals surface area contributed by atoms with E-state index in [0.717, 1.165) is 22.4 Å². The zero-order valence-electron chi connectivity index (χ0n) is 19.8. The number of hydrogen-bond acceptors (Lipinski definition) is 4. The second kappa shape index (κ2) is 10.5. The van der Waals surface area contributed by atoms with Gasteiger partial charge in [0.05, 0.1) is 23.2 Å². The molecule has 0 aliphatic carbocycles. The maximum Gasteiger partial charge on any atom is 0.416 e. The molecular weight excluding hydrogens is 511 g/mol. The number of anilines is 1. The third kappa shape index (κ3) is 5.57. The molecule has 0 fully saturated rings. The van der Waals surface area contributed by atoms with E-state index >= 15 is 0 Å². The molecule has 0 saturated heterocycles. The van der Waals surface area contributed by atoms with Crippen molar-refractivity contribution in [3.8, 4) is 11.1 Å². The highest BCUT2D eigenvalue weighted by Gasteiger charge is 2.30. The predicted octanol–water partition coefficient (Wildman–Crippen LogP) is 7.16. The smallest absolute Gasteiger partial charge is 0.347 e. The van der Waals surface area contributed by atoms with Crippen molar-refractivity contribution in [1.29, 1.82) is 0 Å². The topological polar surface area (TPSA) is 71.1 Å². The molecule has 0 bridgehead atoms. The van der Waals surface area contributed by atoms with Crippen molar-refractivity contribution in [3.05, 3.63) is 118 Å². The van der Waals surface area contributed by atoms with Crippen molar-refractivity contribution in [1.82, 2.24) is 10.3 Å². The number of hydrogen-bond donors (Lipinski definition) is 2. The van der Waals surface area contributed by atoms with E-state index < -0.39 is 17.6 Å². The van der Waals surface area contributed by atoms with Crippen LogP contribution in [0, 0.1) is 0 Å². The first-order chi connectivity index (χ1) is 18.3. The lowest BCUT2D eigenvalue weighted by Crippen LogP contribution is -2.22. The summed E-state index contributed by atoms with van der Waals surface area (Å²) in [6.45, 7) is 0.438. The summed E-state index contributed by atoms with van der Waals surface area (Å²) >= 11 is 1.56. The second-order valence-electron chi connectivity index (χ2n) is 8.47. The van der Waals surface area contributed by atoms with Crippen LogP contribution in [0.1, 0.15) is 31.2 Å². The van der Waals surface area contributed by atoms with Crippen LogP contribution in [0.25, 0.3) is 22.0 Å². The van der Waals surface area contributed by atoms with Crippen LogP contribution < -0.4 is 10.6 Å². The number of halogens is 3. The summed E-state index contributed by atoms with van der Waals surface area (Å²) < 4.78 is 38.8. The second-order valence-corrected chi connectivity index (χ2v) is 9.50. The van der Waals surface area contributed by atoms with Crippen molar-refractivity contribution < 1.29 is 22.8 Å².